The summed E-state index contributed by atoms with van der Waals surface area (Å²) in [6.45, 7) is 3.07. The molecule has 26 heavy (non-hydrogen) atoms. The number of amides is 1. The molecule has 0 atom stereocenters. The van der Waals surface area contributed by atoms with E-state index in [2.05, 4.69) is 10.5 Å². The van der Waals surface area contributed by atoms with E-state index in [4.69, 9.17) is 14.0 Å². The predicted molar refractivity (Wildman–Crippen MR) is 96.4 cm³/mol. The molecule has 1 aromatic heterocycles. The maximum atomic E-state index is 12.3. The Morgan fingerprint density at radius 2 is 1.81 bits per heavy atom. The maximum absolute atomic E-state index is 12.3. The molecular formula is C20H18N2O4. The SMILES string of the molecule is Cc1ccc(-c2cc(CC(=O)Nc3ccc4c(c3)OCCO4)no2)cc1. The van der Waals surface area contributed by atoms with Gasteiger partial charge in [0.25, 0.3) is 0 Å². The number of hydrogen-bond donors (Lipinski definition) is 1. The number of fused-ring (bicyclic) bond motifs is 1. The first-order valence-corrected chi connectivity index (χ1v) is 8.39. The molecule has 1 aliphatic heterocycles. The summed E-state index contributed by atoms with van der Waals surface area (Å²) in [6.07, 6.45) is 0.129. The van der Waals surface area contributed by atoms with E-state index in [1.165, 1.54) is 5.56 Å². The number of ether oxygens (including phenoxy) is 2. The van der Waals surface area contributed by atoms with Crippen LogP contribution in [0.15, 0.2) is 53.1 Å². The topological polar surface area (TPSA) is 73.6 Å². The van der Waals surface area contributed by atoms with Crippen LogP contribution in [0.2, 0.25) is 0 Å². The van der Waals surface area contributed by atoms with E-state index < -0.39 is 0 Å². The van der Waals surface area contributed by atoms with Crippen molar-refractivity contribution in [1.82, 2.24) is 5.16 Å². The molecule has 6 nitrogen and oxygen atoms in total. The van der Waals surface area contributed by atoms with Crippen molar-refractivity contribution in [3.63, 3.8) is 0 Å². The van der Waals surface area contributed by atoms with Gasteiger partial charge in [0.2, 0.25) is 5.91 Å². The second-order valence-electron chi connectivity index (χ2n) is 6.13. The summed E-state index contributed by atoms with van der Waals surface area (Å²) in [6, 6.07) is 15.1. The van der Waals surface area contributed by atoms with Crippen LogP contribution in [-0.2, 0) is 11.2 Å². The summed E-state index contributed by atoms with van der Waals surface area (Å²) >= 11 is 0. The second-order valence-corrected chi connectivity index (χ2v) is 6.13. The Hall–Kier alpha value is -3.28. The van der Waals surface area contributed by atoms with Crippen molar-refractivity contribution >= 4 is 11.6 Å². The normalized spacial score (nSPS) is 12.7. The molecule has 3 aromatic rings. The van der Waals surface area contributed by atoms with Gasteiger partial charge in [0.1, 0.15) is 13.2 Å². The number of rotatable bonds is 4. The van der Waals surface area contributed by atoms with Crippen LogP contribution >= 0.6 is 0 Å². The first kappa shape index (κ1) is 16.2. The van der Waals surface area contributed by atoms with E-state index in [0.717, 1.165) is 5.56 Å². The molecule has 0 unspecified atom stereocenters. The van der Waals surface area contributed by atoms with Crippen molar-refractivity contribution in [2.24, 2.45) is 0 Å². The van der Waals surface area contributed by atoms with Crippen molar-refractivity contribution in [3.05, 3.63) is 59.8 Å². The molecule has 2 aromatic carbocycles. The third-order valence-electron chi connectivity index (χ3n) is 4.06. The Balaban J connectivity index is 1.41. The lowest BCUT2D eigenvalue weighted by molar-refractivity contribution is -0.115. The molecular weight excluding hydrogens is 332 g/mol. The zero-order chi connectivity index (χ0) is 17.9. The number of hydrogen-bond acceptors (Lipinski definition) is 5. The number of benzene rings is 2. The lowest BCUT2D eigenvalue weighted by atomic mass is 10.1. The molecule has 4 rings (SSSR count). The fourth-order valence-electron chi connectivity index (χ4n) is 2.74. The van der Waals surface area contributed by atoms with Crippen LogP contribution in [-0.4, -0.2) is 24.3 Å². The molecule has 1 N–H and O–H groups in total. The van der Waals surface area contributed by atoms with Gasteiger partial charge in [-0.3, -0.25) is 4.79 Å². The minimum atomic E-state index is -0.176. The highest BCUT2D eigenvalue weighted by molar-refractivity contribution is 5.92. The third kappa shape index (κ3) is 3.54. The number of nitrogens with zero attached hydrogens (tertiary/aromatic N) is 1. The standard InChI is InChI=1S/C20H18N2O4/c1-13-2-4-14(5-3-13)18-11-16(22-26-18)12-20(23)21-15-6-7-17-19(10-15)25-9-8-24-17/h2-7,10-11H,8-9,12H2,1H3,(H,21,23). The van der Waals surface area contributed by atoms with Gasteiger partial charge >= 0.3 is 0 Å². The van der Waals surface area contributed by atoms with E-state index in [1.54, 1.807) is 24.3 Å². The minimum absolute atomic E-state index is 0.129. The van der Waals surface area contributed by atoms with E-state index in [0.29, 0.717) is 41.9 Å². The quantitative estimate of drug-likeness (QED) is 0.778. The van der Waals surface area contributed by atoms with Crippen LogP contribution in [0, 0.1) is 6.92 Å². The van der Waals surface area contributed by atoms with E-state index in [1.807, 2.05) is 31.2 Å². The highest BCUT2D eigenvalue weighted by Gasteiger charge is 2.14. The van der Waals surface area contributed by atoms with Crippen molar-refractivity contribution in [2.45, 2.75) is 13.3 Å². The number of aromatic nitrogens is 1. The van der Waals surface area contributed by atoms with E-state index in [-0.39, 0.29) is 12.3 Å². The monoisotopic (exact) mass is 350 g/mol. The Bertz CT molecular complexity index is 931. The maximum Gasteiger partial charge on any atom is 0.230 e. The van der Waals surface area contributed by atoms with E-state index in [9.17, 15) is 4.79 Å². The highest BCUT2D eigenvalue weighted by Crippen LogP contribution is 2.32. The van der Waals surface area contributed by atoms with Crippen LogP contribution in [0.3, 0.4) is 0 Å². The number of anilines is 1. The van der Waals surface area contributed by atoms with Gasteiger partial charge in [-0.15, -0.1) is 0 Å². The largest absolute Gasteiger partial charge is 0.486 e. The first-order valence-electron chi connectivity index (χ1n) is 8.39. The molecule has 132 valence electrons. The van der Waals surface area contributed by atoms with Gasteiger partial charge in [-0.25, -0.2) is 0 Å². The Morgan fingerprint density at radius 3 is 2.62 bits per heavy atom. The summed E-state index contributed by atoms with van der Waals surface area (Å²) in [4.78, 5) is 12.3. The van der Waals surface area contributed by atoms with Gasteiger partial charge in [-0.05, 0) is 19.1 Å². The van der Waals surface area contributed by atoms with Crippen LogP contribution in [0.5, 0.6) is 11.5 Å². The molecule has 0 spiro atoms. The summed E-state index contributed by atoms with van der Waals surface area (Å²) < 4.78 is 16.3. The molecule has 1 aliphatic rings. The molecule has 0 saturated heterocycles. The summed E-state index contributed by atoms with van der Waals surface area (Å²) in [7, 11) is 0. The fourth-order valence-corrected chi connectivity index (χ4v) is 2.74. The lowest BCUT2D eigenvalue weighted by Gasteiger charge is -2.18. The average molecular weight is 350 g/mol. The molecule has 1 amide bonds. The Labute approximate surface area is 150 Å². The first-order chi connectivity index (χ1) is 12.7. The van der Waals surface area contributed by atoms with Crippen LogP contribution < -0.4 is 14.8 Å². The molecule has 0 saturated carbocycles. The van der Waals surface area contributed by atoms with Gasteiger partial charge in [-0.2, -0.15) is 0 Å². The van der Waals surface area contributed by atoms with Crippen molar-refractivity contribution in [2.75, 3.05) is 18.5 Å². The number of aryl methyl sites for hydroxylation is 1. The summed E-state index contributed by atoms with van der Waals surface area (Å²) in [5.74, 6) is 1.79. The third-order valence-corrected chi connectivity index (χ3v) is 4.06. The van der Waals surface area contributed by atoms with E-state index >= 15 is 0 Å². The minimum Gasteiger partial charge on any atom is -0.486 e. The molecule has 0 fully saturated rings. The van der Waals surface area contributed by atoms with Crippen LogP contribution in [0.1, 0.15) is 11.3 Å². The molecule has 0 radical (unpaired) electrons. The number of carbonyl (C=O) groups is 1. The van der Waals surface area contributed by atoms with Crippen LogP contribution in [0.4, 0.5) is 5.69 Å². The second kappa shape index (κ2) is 6.92. The Kier molecular flexibility index (Phi) is 4.31. The highest BCUT2D eigenvalue weighted by atomic mass is 16.6. The average Bonchev–Trinajstić information content (AvgIpc) is 3.10. The lowest BCUT2D eigenvalue weighted by Crippen LogP contribution is -2.17. The van der Waals surface area contributed by atoms with Crippen LogP contribution in [0.25, 0.3) is 11.3 Å². The van der Waals surface area contributed by atoms with Gasteiger partial charge in [0.15, 0.2) is 17.3 Å². The smallest absolute Gasteiger partial charge is 0.230 e. The summed E-state index contributed by atoms with van der Waals surface area (Å²) in [5, 5.41) is 6.83. The van der Waals surface area contributed by atoms with Crippen molar-refractivity contribution < 1.29 is 18.8 Å². The van der Waals surface area contributed by atoms with Gasteiger partial charge in [-0.1, -0.05) is 35.0 Å². The Morgan fingerprint density at radius 1 is 1.04 bits per heavy atom. The van der Waals surface area contributed by atoms with Crippen molar-refractivity contribution in [1.29, 1.82) is 0 Å². The van der Waals surface area contributed by atoms with Gasteiger partial charge in [0, 0.05) is 23.4 Å². The van der Waals surface area contributed by atoms with Gasteiger partial charge < -0.3 is 19.3 Å². The zero-order valence-electron chi connectivity index (χ0n) is 14.3. The molecule has 0 bridgehead atoms. The zero-order valence-corrected chi connectivity index (χ0v) is 14.3. The fraction of sp³-hybridized carbons (Fsp3) is 0.200. The molecule has 0 aliphatic carbocycles. The molecule has 2 heterocycles. The number of nitrogens with one attached hydrogen (secondary N) is 1. The van der Waals surface area contributed by atoms with Crippen molar-refractivity contribution in [3.8, 4) is 22.8 Å². The molecule has 6 heteroatoms. The predicted octanol–water partition coefficient (Wildman–Crippen LogP) is 3.60. The number of carbonyl (C=O) groups excluding carboxylic acids is 1. The summed E-state index contributed by atoms with van der Waals surface area (Å²) in [5.41, 5.74) is 3.34. The van der Waals surface area contributed by atoms with Gasteiger partial charge in [0.05, 0.1) is 12.1 Å².